The van der Waals surface area contributed by atoms with Crippen LogP contribution in [0.3, 0.4) is 0 Å². The van der Waals surface area contributed by atoms with Gasteiger partial charge in [0.25, 0.3) is 5.91 Å². The Morgan fingerprint density at radius 3 is 2.55 bits per heavy atom. The molecule has 8 heteroatoms. The molecule has 170 valence electrons. The molecule has 0 bridgehead atoms. The maximum atomic E-state index is 13.4. The molecule has 7 nitrogen and oxygen atoms in total. The number of phenolic OH excluding ortho intramolecular Hbond substituents is 1. The van der Waals surface area contributed by atoms with Gasteiger partial charge in [0.1, 0.15) is 11.6 Å². The van der Waals surface area contributed by atoms with Crippen LogP contribution in [0.2, 0.25) is 0 Å². The van der Waals surface area contributed by atoms with Gasteiger partial charge in [-0.1, -0.05) is 32.1 Å². The SMILES string of the molecule is C/C(=C\C(=O)N(CN)N(C)C(N)C1C=CC=C(F)C=C1)CNc1ccc(O)cc1.CC. The van der Waals surface area contributed by atoms with E-state index in [-0.39, 0.29) is 30.1 Å². The molecular formula is C23H34FN5O2. The van der Waals surface area contributed by atoms with E-state index in [0.717, 1.165) is 11.3 Å². The highest BCUT2D eigenvalue weighted by Crippen LogP contribution is 2.17. The van der Waals surface area contributed by atoms with Crippen molar-refractivity contribution in [3.05, 3.63) is 72.1 Å². The molecule has 0 radical (unpaired) electrons. The molecule has 1 aromatic carbocycles. The molecular weight excluding hydrogens is 397 g/mol. The standard InChI is InChI=1S/C21H28FN5O2.C2H6/c1-15(13-25-18-8-10-19(28)11-9-18)12-20(29)27(14-23)26(2)21(24)16-4-3-5-17(22)7-6-16;1-2/h3-12,16,21,25,28H,13-14,23-24H2,1-2H3;1-2H3/b15-12+;. The number of nitrogens with one attached hydrogen (secondary N) is 1. The summed E-state index contributed by atoms with van der Waals surface area (Å²) in [7, 11) is 1.67. The van der Waals surface area contributed by atoms with Gasteiger partial charge < -0.3 is 21.9 Å². The summed E-state index contributed by atoms with van der Waals surface area (Å²) in [6.07, 6.45) is 8.61. The van der Waals surface area contributed by atoms with E-state index in [1.165, 1.54) is 23.2 Å². The first-order valence-corrected chi connectivity index (χ1v) is 10.2. The van der Waals surface area contributed by atoms with Crippen molar-refractivity contribution in [1.29, 1.82) is 0 Å². The van der Waals surface area contributed by atoms with Crippen LogP contribution in [-0.2, 0) is 4.79 Å². The largest absolute Gasteiger partial charge is 0.508 e. The van der Waals surface area contributed by atoms with Gasteiger partial charge in [0.05, 0.1) is 12.8 Å². The Bertz CT molecular complexity index is 818. The highest BCUT2D eigenvalue weighted by molar-refractivity contribution is 5.88. The van der Waals surface area contributed by atoms with Crippen molar-refractivity contribution >= 4 is 11.6 Å². The maximum Gasteiger partial charge on any atom is 0.262 e. The molecule has 1 aromatic rings. The number of amides is 1. The number of nitrogens with zero attached hydrogens (tertiary/aromatic N) is 2. The fraction of sp³-hybridized carbons (Fsp3) is 0.348. The van der Waals surface area contributed by atoms with Crippen molar-refractivity contribution in [2.75, 3.05) is 25.6 Å². The summed E-state index contributed by atoms with van der Waals surface area (Å²) in [5.74, 6) is -0.758. The van der Waals surface area contributed by atoms with Crippen LogP contribution in [0.15, 0.2) is 72.1 Å². The molecule has 31 heavy (non-hydrogen) atoms. The van der Waals surface area contributed by atoms with Crippen molar-refractivity contribution < 1.29 is 14.3 Å². The summed E-state index contributed by atoms with van der Waals surface area (Å²) in [5.41, 5.74) is 13.7. The number of allylic oxidation sites excluding steroid dienone is 4. The van der Waals surface area contributed by atoms with E-state index in [2.05, 4.69) is 5.32 Å². The zero-order valence-electron chi connectivity index (χ0n) is 18.6. The molecule has 2 atom stereocenters. The Hall–Kier alpha value is -2.94. The molecule has 0 aliphatic heterocycles. The van der Waals surface area contributed by atoms with Crippen molar-refractivity contribution in [2.45, 2.75) is 26.9 Å². The Morgan fingerprint density at radius 2 is 1.94 bits per heavy atom. The number of nitrogens with two attached hydrogens (primary N) is 2. The molecule has 2 rings (SSSR count). The summed E-state index contributed by atoms with van der Waals surface area (Å²) in [6, 6.07) is 6.65. The number of halogens is 1. The molecule has 0 saturated heterocycles. The third-order valence-electron chi connectivity index (χ3n) is 4.51. The molecule has 6 N–H and O–H groups in total. The van der Waals surface area contributed by atoms with Crippen LogP contribution in [0.1, 0.15) is 20.8 Å². The summed E-state index contributed by atoms with van der Waals surface area (Å²) in [6.45, 7) is 6.22. The summed E-state index contributed by atoms with van der Waals surface area (Å²) in [5, 5.41) is 15.4. The predicted molar refractivity (Wildman–Crippen MR) is 124 cm³/mol. The molecule has 0 heterocycles. The van der Waals surface area contributed by atoms with Gasteiger partial charge in [0.15, 0.2) is 0 Å². The van der Waals surface area contributed by atoms with E-state index in [1.807, 2.05) is 20.8 Å². The monoisotopic (exact) mass is 431 g/mol. The lowest BCUT2D eigenvalue weighted by molar-refractivity contribution is -0.145. The minimum Gasteiger partial charge on any atom is -0.508 e. The van der Waals surface area contributed by atoms with Gasteiger partial charge in [-0.25, -0.2) is 9.40 Å². The Kier molecular flexibility index (Phi) is 11.3. The fourth-order valence-corrected chi connectivity index (χ4v) is 2.77. The second-order valence-electron chi connectivity index (χ2n) is 6.75. The molecule has 1 aliphatic rings. The van der Waals surface area contributed by atoms with Crippen molar-refractivity contribution in [2.24, 2.45) is 17.4 Å². The van der Waals surface area contributed by atoms with Gasteiger partial charge in [-0.05, 0) is 48.9 Å². The van der Waals surface area contributed by atoms with Gasteiger partial charge in [0.2, 0.25) is 0 Å². The van der Waals surface area contributed by atoms with E-state index >= 15 is 0 Å². The van der Waals surface area contributed by atoms with Crippen LogP contribution in [0.4, 0.5) is 10.1 Å². The molecule has 1 aliphatic carbocycles. The summed E-state index contributed by atoms with van der Waals surface area (Å²) < 4.78 is 13.4. The highest BCUT2D eigenvalue weighted by Gasteiger charge is 2.25. The van der Waals surface area contributed by atoms with E-state index in [0.29, 0.717) is 6.54 Å². The Morgan fingerprint density at radius 1 is 1.29 bits per heavy atom. The summed E-state index contributed by atoms with van der Waals surface area (Å²) in [4.78, 5) is 12.7. The average molecular weight is 432 g/mol. The second kappa shape index (κ2) is 13.4. The van der Waals surface area contributed by atoms with Crippen molar-refractivity contribution in [3.8, 4) is 5.75 Å². The van der Waals surface area contributed by atoms with Gasteiger partial charge >= 0.3 is 0 Å². The molecule has 1 amide bonds. The first-order chi connectivity index (χ1) is 14.8. The Labute approximate surface area is 184 Å². The van der Waals surface area contributed by atoms with Crippen LogP contribution in [0.5, 0.6) is 5.75 Å². The average Bonchev–Trinajstić information content (AvgIpc) is 2.99. The lowest BCUT2D eigenvalue weighted by Gasteiger charge is -2.36. The maximum absolute atomic E-state index is 13.4. The number of phenols is 1. The number of aromatic hydroxyl groups is 1. The summed E-state index contributed by atoms with van der Waals surface area (Å²) >= 11 is 0. The van der Waals surface area contributed by atoms with Crippen molar-refractivity contribution in [3.63, 3.8) is 0 Å². The molecule has 0 fully saturated rings. The minimum atomic E-state index is -0.599. The number of hydrazine groups is 1. The molecule has 0 spiro atoms. The first kappa shape index (κ1) is 26.1. The number of benzene rings is 1. The van der Waals surface area contributed by atoms with Crippen molar-refractivity contribution in [1.82, 2.24) is 10.0 Å². The minimum absolute atomic E-state index is 0.0506. The molecule has 2 unspecified atom stereocenters. The van der Waals surface area contributed by atoms with Crippen LogP contribution in [0, 0.1) is 5.92 Å². The third kappa shape index (κ3) is 8.37. The number of anilines is 1. The quantitative estimate of drug-likeness (QED) is 0.218. The third-order valence-corrected chi connectivity index (χ3v) is 4.51. The normalized spacial score (nSPS) is 16.7. The Balaban J connectivity index is 0.00000233. The number of hydrogen-bond acceptors (Lipinski definition) is 6. The van der Waals surface area contributed by atoms with Crippen LogP contribution in [-0.4, -0.2) is 47.5 Å². The van der Waals surface area contributed by atoms with E-state index in [9.17, 15) is 14.3 Å². The van der Waals surface area contributed by atoms with Gasteiger partial charge in [0, 0.05) is 31.3 Å². The van der Waals surface area contributed by atoms with Crippen LogP contribution < -0.4 is 16.8 Å². The number of hydrogen-bond donors (Lipinski definition) is 4. The van der Waals surface area contributed by atoms with Crippen LogP contribution >= 0.6 is 0 Å². The van der Waals surface area contributed by atoms with Gasteiger partial charge in [-0.3, -0.25) is 9.80 Å². The topological polar surface area (TPSA) is 108 Å². The lowest BCUT2D eigenvalue weighted by Crippen LogP contribution is -2.56. The van der Waals surface area contributed by atoms with Crippen LogP contribution in [0.25, 0.3) is 0 Å². The van der Waals surface area contributed by atoms with E-state index in [1.54, 1.807) is 54.6 Å². The number of carbonyl (C=O) groups is 1. The molecule has 0 saturated carbocycles. The highest BCUT2D eigenvalue weighted by atomic mass is 19.1. The second-order valence-corrected chi connectivity index (χ2v) is 6.75. The number of rotatable bonds is 8. The van der Waals surface area contributed by atoms with E-state index < -0.39 is 6.17 Å². The zero-order chi connectivity index (χ0) is 23.4. The zero-order valence-corrected chi connectivity index (χ0v) is 18.6. The van der Waals surface area contributed by atoms with Gasteiger partial charge in [-0.15, -0.1) is 0 Å². The van der Waals surface area contributed by atoms with Gasteiger partial charge in [-0.2, -0.15) is 0 Å². The number of carbonyl (C=O) groups excluding carboxylic acids is 1. The fourth-order valence-electron chi connectivity index (χ4n) is 2.77. The lowest BCUT2D eigenvalue weighted by atomic mass is 10.1. The first-order valence-electron chi connectivity index (χ1n) is 10.2. The molecule has 0 aromatic heterocycles. The predicted octanol–water partition coefficient (Wildman–Crippen LogP) is 3.25. The van der Waals surface area contributed by atoms with E-state index in [4.69, 9.17) is 11.5 Å². The smallest absolute Gasteiger partial charge is 0.262 e.